The van der Waals surface area contributed by atoms with E-state index in [1.807, 2.05) is 13.8 Å². The van der Waals surface area contributed by atoms with Gasteiger partial charge in [0.2, 0.25) is 5.91 Å². The van der Waals surface area contributed by atoms with E-state index in [1.54, 1.807) is 18.2 Å². The molecule has 0 bridgehead atoms. The summed E-state index contributed by atoms with van der Waals surface area (Å²) in [6, 6.07) is 6.26. The first-order chi connectivity index (χ1) is 10.1. The molecule has 0 fully saturated rings. The number of carboxylic acid groups (broad SMARTS) is 1. The van der Waals surface area contributed by atoms with Gasteiger partial charge in [-0.25, -0.2) is 8.42 Å². The minimum atomic E-state index is -3.44. The van der Waals surface area contributed by atoms with Crippen molar-refractivity contribution in [3.63, 3.8) is 0 Å². The molecule has 0 spiro atoms. The first-order valence-corrected chi connectivity index (χ1v) is 8.78. The molecule has 0 aliphatic rings. The molecule has 1 rings (SSSR count). The molecule has 22 heavy (non-hydrogen) atoms. The van der Waals surface area contributed by atoms with E-state index in [0.29, 0.717) is 12.1 Å². The number of hydrogen-bond donors (Lipinski definition) is 1. The summed E-state index contributed by atoms with van der Waals surface area (Å²) in [5.74, 6) is -1.37. The summed E-state index contributed by atoms with van der Waals surface area (Å²) >= 11 is 0. The van der Waals surface area contributed by atoms with Gasteiger partial charge in [0.05, 0.1) is 11.3 Å². The molecular weight excluding hydrogens is 306 g/mol. The van der Waals surface area contributed by atoms with E-state index < -0.39 is 28.3 Å². The number of benzene rings is 1. The van der Waals surface area contributed by atoms with Gasteiger partial charge in [-0.05, 0) is 17.5 Å². The largest absolute Gasteiger partial charge is 0.480 e. The van der Waals surface area contributed by atoms with Gasteiger partial charge >= 0.3 is 5.97 Å². The molecule has 1 aromatic rings. The van der Waals surface area contributed by atoms with Crippen molar-refractivity contribution in [3.05, 3.63) is 29.8 Å². The molecule has 1 aromatic carbocycles. The Kier molecular flexibility index (Phi) is 6.11. The summed E-state index contributed by atoms with van der Waals surface area (Å²) in [6.45, 7) is 3.68. The zero-order valence-corrected chi connectivity index (χ0v) is 13.8. The van der Waals surface area contributed by atoms with Crippen molar-refractivity contribution in [2.45, 2.75) is 25.2 Å². The fraction of sp³-hybridized carbons (Fsp3) is 0.467. The quantitative estimate of drug-likeness (QED) is 0.812. The highest BCUT2D eigenvalue weighted by Gasteiger charge is 2.21. The summed E-state index contributed by atoms with van der Waals surface area (Å²) < 4.78 is 23.5. The van der Waals surface area contributed by atoms with E-state index in [9.17, 15) is 18.0 Å². The van der Waals surface area contributed by atoms with Crippen LogP contribution in [0.3, 0.4) is 0 Å². The van der Waals surface area contributed by atoms with Crippen LogP contribution in [0.1, 0.15) is 19.4 Å². The summed E-state index contributed by atoms with van der Waals surface area (Å²) in [6.07, 6.45) is 0.947. The van der Waals surface area contributed by atoms with E-state index in [2.05, 4.69) is 0 Å². The van der Waals surface area contributed by atoms with Gasteiger partial charge in [0.25, 0.3) is 0 Å². The summed E-state index contributed by atoms with van der Waals surface area (Å²) in [5.41, 5.74) is 0.383. The number of nitrogens with zero attached hydrogens (tertiary/aromatic N) is 1. The Morgan fingerprint density at radius 3 is 2.32 bits per heavy atom. The molecule has 1 N–H and O–H groups in total. The minimum absolute atomic E-state index is 0.100. The van der Waals surface area contributed by atoms with Crippen LogP contribution in [0.5, 0.6) is 0 Å². The Morgan fingerprint density at radius 1 is 1.23 bits per heavy atom. The predicted molar refractivity (Wildman–Crippen MR) is 82.3 cm³/mol. The molecule has 122 valence electrons. The molecule has 0 saturated heterocycles. The van der Waals surface area contributed by atoms with Crippen molar-refractivity contribution in [2.24, 2.45) is 5.92 Å². The van der Waals surface area contributed by atoms with Gasteiger partial charge in [-0.15, -0.1) is 0 Å². The van der Waals surface area contributed by atoms with Crippen molar-refractivity contribution in [1.82, 2.24) is 4.90 Å². The van der Waals surface area contributed by atoms with Crippen molar-refractivity contribution < 1.29 is 23.1 Å². The van der Waals surface area contributed by atoms with Crippen LogP contribution >= 0.6 is 0 Å². The molecule has 0 aliphatic carbocycles. The molecule has 0 unspecified atom stereocenters. The van der Waals surface area contributed by atoms with Crippen LogP contribution in [0.2, 0.25) is 0 Å². The van der Waals surface area contributed by atoms with Crippen LogP contribution in [-0.2, 0) is 25.8 Å². The topological polar surface area (TPSA) is 91.8 Å². The number of carboxylic acids is 1. The zero-order chi connectivity index (χ0) is 16.9. The number of sulfone groups is 1. The third-order valence-corrected chi connectivity index (χ3v) is 4.18. The predicted octanol–water partition coefficient (Wildman–Crippen LogP) is 1.20. The van der Waals surface area contributed by atoms with Crippen molar-refractivity contribution in [1.29, 1.82) is 0 Å². The number of amides is 1. The highest BCUT2D eigenvalue weighted by Crippen LogP contribution is 2.17. The Bertz CT molecular complexity index is 652. The van der Waals surface area contributed by atoms with E-state index in [-0.39, 0.29) is 17.2 Å². The normalized spacial score (nSPS) is 11.5. The molecule has 1 amide bonds. The Morgan fingerprint density at radius 2 is 1.82 bits per heavy atom. The number of hydrogen-bond acceptors (Lipinski definition) is 4. The second-order valence-electron chi connectivity index (χ2n) is 5.62. The van der Waals surface area contributed by atoms with Crippen LogP contribution in [0, 0.1) is 5.92 Å². The molecule has 7 heteroatoms. The lowest BCUT2D eigenvalue weighted by Gasteiger charge is -2.23. The molecular formula is C15H21NO5S. The second kappa shape index (κ2) is 7.40. The molecule has 0 radical (unpaired) electrons. The Balaban J connectivity index is 3.01. The lowest BCUT2D eigenvalue weighted by molar-refractivity contribution is -0.144. The minimum Gasteiger partial charge on any atom is -0.480 e. The van der Waals surface area contributed by atoms with Crippen LogP contribution < -0.4 is 0 Å². The van der Waals surface area contributed by atoms with Gasteiger partial charge < -0.3 is 10.0 Å². The van der Waals surface area contributed by atoms with Gasteiger partial charge in [-0.3, -0.25) is 9.59 Å². The number of carbonyl (C=O) groups excluding carboxylic acids is 1. The van der Waals surface area contributed by atoms with Crippen LogP contribution in [-0.4, -0.2) is 49.6 Å². The third kappa shape index (κ3) is 5.48. The van der Waals surface area contributed by atoms with Gasteiger partial charge in [0.15, 0.2) is 9.84 Å². The van der Waals surface area contributed by atoms with E-state index in [0.717, 1.165) is 6.26 Å². The number of carbonyl (C=O) groups is 2. The molecule has 0 heterocycles. The summed E-state index contributed by atoms with van der Waals surface area (Å²) in [4.78, 5) is 24.6. The maximum atomic E-state index is 12.3. The molecule has 0 aromatic heterocycles. The van der Waals surface area contributed by atoms with Gasteiger partial charge in [-0.2, -0.15) is 0 Å². The van der Waals surface area contributed by atoms with E-state index in [1.165, 1.54) is 11.0 Å². The molecule has 6 nitrogen and oxygen atoms in total. The highest BCUT2D eigenvalue weighted by molar-refractivity contribution is 7.90. The fourth-order valence-electron chi connectivity index (χ4n) is 2.14. The Hall–Kier alpha value is -1.89. The van der Waals surface area contributed by atoms with Crippen LogP contribution in [0.25, 0.3) is 0 Å². The van der Waals surface area contributed by atoms with Crippen LogP contribution in [0.15, 0.2) is 29.2 Å². The Labute approximate surface area is 130 Å². The molecule has 0 aliphatic heterocycles. The average molecular weight is 327 g/mol. The van der Waals surface area contributed by atoms with E-state index >= 15 is 0 Å². The fourth-order valence-corrected chi connectivity index (χ4v) is 3.09. The second-order valence-corrected chi connectivity index (χ2v) is 7.60. The highest BCUT2D eigenvalue weighted by atomic mass is 32.2. The maximum absolute atomic E-state index is 12.3. The zero-order valence-electron chi connectivity index (χ0n) is 12.9. The lowest BCUT2D eigenvalue weighted by atomic mass is 10.1. The smallest absolute Gasteiger partial charge is 0.323 e. The van der Waals surface area contributed by atoms with Gasteiger partial charge in [0, 0.05) is 12.8 Å². The third-order valence-electron chi connectivity index (χ3n) is 2.98. The summed E-state index contributed by atoms with van der Waals surface area (Å²) in [7, 11) is -3.44. The first-order valence-electron chi connectivity index (χ1n) is 6.88. The first kappa shape index (κ1) is 18.2. The van der Waals surface area contributed by atoms with Crippen LogP contribution in [0.4, 0.5) is 0 Å². The maximum Gasteiger partial charge on any atom is 0.323 e. The van der Waals surface area contributed by atoms with Crippen molar-refractivity contribution >= 4 is 21.7 Å². The van der Waals surface area contributed by atoms with Crippen molar-refractivity contribution in [3.8, 4) is 0 Å². The average Bonchev–Trinajstić information content (AvgIpc) is 2.36. The monoisotopic (exact) mass is 327 g/mol. The van der Waals surface area contributed by atoms with E-state index in [4.69, 9.17) is 5.11 Å². The standard InChI is InChI=1S/C15H21NO5S/c1-11(2)9-16(10-15(18)19)14(17)8-12-6-4-5-7-13(12)22(3,20)21/h4-7,11H,8-10H2,1-3H3,(H,18,19). The lowest BCUT2D eigenvalue weighted by Crippen LogP contribution is -2.39. The van der Waals surface area contributed by atoms with Crippen molar-refractivity contribution in [2.75, 3.05) is 19.3 Å². The number of rotatable bonds is 7. The molecule has 0 saturated carbocycles. The molecule has 0 atom stereocenters. The van der Waals surface area contributed by atoms with Gasteiger partial charge in [-0.1, -0.05) is 32.0 Å². The van der Waals surface area contributed by atoms with Gasteiger partial charge in [0.1, 0.15) is 6.54 Å². The summed E-state index contributed by atoms with van der Waals surface area (Å²) in [5, 5.41) is 8.91. The SMILES string of the molecule is CC(C)CN(CC(=O)O)C(=O)Cc1ccccc1S(C)(=O)=O. The number of aliphatic carboxylic acids is 1.